The van der Waals surface area contributed by atoms with E-state index in [9.17, 15) is 4.79 Å². The van der Waals surface area contributed by atoms with Crippen LogP contribution in [-0.2, 0) is 4.79 Å². The molecule has 0 aliphatic carbocycles. The van der Waals surface area contributed by atoms with E-state index in [0.717, 1.165) is 10.0 Å². The van der Waals surface area contributed by atoms with Crippen molar-refractivity contribution >= 4 is 27.7 Å². The normalized spacial score (nSPS) is 9.77. The van der Waals surface area contributed by atoms with Gasteiger partial charge in [0.15, 0.2) is 0 Å². The van der Waals surface area contributed by atoms with Gasteiger partial charge in [-0.15, -0.1) is 0 Å². The van der Waals surface area contributed by atoms with Gasteiger partial charge in [-0.2, -0.15) is 0 Å². The second kappa shape index (κ2) is 4.37. The smallest absolute Gasteiger partial charge is 0.225 e. The topological polar surface area (TPSA) is 42.0 Å². The lowest BCUT2D eigenvalue weighted by Gasteiger charge is -2.03. The molecule has 0 saturated heterocycles. The van der Waals surface area contributed by atoms with E-state index in [0.29, 0.717) is 12.2 Å². The van der Waals surface area contributed by atoms with Crippen LogP contribution in [0.5, 0.6) is 0 Å². The number of aryl methyl sites for hydroxylation is 1. The number of halogens is 1. The first-order chi connectivity index (χ1) is 6.13. The molecule has 0 aromatic carbocycles. The van der Waals surface area contributed by atoms with E-state index in [2.05, 4.69) is 26.2 Å². The van der Waals surface area contributed by atoms with Gasteiger partial charge in [0.25, 0.3) is 0 Å². The summed E-state index contributed by atoms with van der Waals surface area (Å²) >= 11 is 3.34. The fraction of sp³-hybridized carbons (Fsp3) is 0.333. The molecule has 0 atom stereocenters. The van der Waals surface area contributed by atoms with Crippen LogP contribution in [0, 0.1) is 6.92 Å². The van der Waals surface area contributed by atoms with E-state index in [1.54, 1.807) is 13.1 Å². The average Bonchev–Trinajstić information content (AvgIpc) is 2.11. The number of amides is 1. The Morgan fingerprint density at radius 3 is 2.92 bits per heavy atom. The molecule has 13 heavy (non-hydrogen) atoms. The zero-order valence-corrected chi connectivity index (χ0v) is 9.18. The Hall–Kier alpha value is -0.900. The van der Waals surface area contributed by atoms with Crippen LogP contribution in [0.4, 0.5) is 5.82 Å². The molecule has 0 saturated carbocycles. The fourth-order valence-corrected chi connectivity index (χ4v) is 1.06. The molecule has 0 radical (unpaired) electrons. The van der Waals surface area contributed by atoms with Gasteiger partial charge in [-0.3, -0.25) is 4.79 Å². The lowest BCUT2D eigenvalue weighted by molar-refractivity contribution is -0.115. The SMILES string of the molecule is CCC(=O)Nc1cc(C)c(Br)cn1. The molecule has 1 N–H and O–H groups in total. The summed E-state index contributed by atoms with van der Waals surface area (Å²) in [5, 5.41) is 2.69. The number of carbonyl (C=O) groups excluding carboxylic acids is 1. The molecular weight excluding hydrogens is 232 g/mol. The molecule has 0 aliphatic rings. The van der Waals surface area contributed by atoms with Crippen molar-refractivity contribution in [3.8, 4) is 0 Å². The largest absolute Gasteiger partial charge is 0.311 e. The number of anilines is 1. The van der Waals surface area contributed by atoms with Gasteiger partial charge in [-0.1, -0.05) is 6.92 Å². The number of nitrogens with one attached hydrogen (secondary N) is 1. The Kier molecular flexibility index (Phi) is 3.42. The molecule has 3 nitrogen and oxygen atoms in total. The van der Waals surface area contributed by atoms with Crippen molar-refractivity contribution in [1.82, 2.24) is 4.98 Å². The molecule has 0 fully saturated rings. The van der Waals surface area contributed by atoms with Gasteiger partial charge in [-0.25, -0.2) is 4.98 Å². The maximum absolute atomic E-state index is 11.0. The third-order valence-corrected chi connectivity index (χ3v) is 2.47. The Bertz CT molecular complexity index is 325. The van der Waals surface area contributed by atoms with Gasteiger partial charge < -0.3 is 5.32 Å². The lowest BCUT2D eigenvalue weighted by Crippen LogP contribution is -2.10. The van der Waals surface area contributed by atoms with E-state index in [4.69, 9.17) is 0 Å². The minimum absolute atomic E-state index is 0.0192. The first kappa shape index (κ1) is 10.2. The van der Waals surface area contributed by atoms with Crippen LogP contribution in [0.1, 0.15) is 18.9 Å². The third kappa shape index (κ3) is 2.81. The van der Waals surface area contributed by atoms with Crippen molar-refractivity contribution in [2.45, 2.75) is 20.3 Å². The molecule has 1 heterocycles. The molecule has 70 valence electrons. The van der Waals surface area contributed by atoms with Crippen molar-refractivity contribution < 1.29 is 4.79 Å². The molecule has 1 aromatic heterocycles. The first-order valence-corrected chi connectivity index (χ1v) is 4.84. The molecule has 0 spiro atoms. The summed E-state index contributed by atoms with van der Waals surface area (Å²) < 4.78 is 0.946. The molecule has 1 rings (SSSR count). The van der Waals surface area contributed by atoms with E-state index < -0.39 is 0 Å². The van der Waals surface area contributed by atoms with Gasteiger partial charge >= 0.3 is 0 Å². The Balaban J connectivity index is 2.79. The summed E-state index contributed by atoms with van der Waals surface area (Å²) in [4.78, 5) is 15.1. The van der Waals surface area contributed by atoms with Crippen LogP contribution < -0.4 is 5.32 Å². The Morgan fingerprint density at radius 2 is 2.38 bits per heavy atom. The highest BCUT2D eigenvalue weighted by Crippen LogP contribution is 2.17. The number of hydrogen-bond donors (Lipinski definition) is 1. The van der Waals surface area contributed by atoms with Crippen LogP contribution in [0.15, 0.2) is 16.7 Å². The maximum atomic E-state index is 11.0. The summed E-state index contributed by atoms with van der Waals surface area (Å²) in [5.74, 6) is 0.585. The van der Waals surface area contributed by atoms with E-state index in [-0.39, 0.29) is 5.91 Å². The zero-order valence-electron chi connectivity index (χ0n) is 7.60. The number of carbonyl (C=O) groups is 1. The van der Waals surface area contributed by atoms with Gasteiger partial charge in [-0.05, 0) is 34.5 Å². The molecule has 0 bridgehead atoms. The minimum atomic E-state index is -0.0192. The van der Waals surface area contributed by atoms with E-state index in [1.165, 1.54) is 0 Å². The van der Waals surface area contributed by atoms with Crippen LogP contribution in [-0.4, -0.2) is 10.9 Å². The molecular formula is C9H11BrN2O. The number of rotatable bonds is 2. The van der Waals surface area contributed by atoms with Crippen LogP contribution >= 0.6 is 15.9 Å². The second-order valence-electron chi connectivity index (χ2n) is 2.72. The zero-order chi connectivity index (χ0) is 9.84. The van der Waals surface area contributed by atoms with Crippen molar-refractivity contribution in [2.24, 2.45) is 0 Å². The maximum Gasteiger partial charge on any atom is 0.225 e. The lowest BCUT2D eigenvalue weighted by atomic mass is 10.3. The van der Waals surface area contributed by atoms with Gasteiger partial charge in [0.05, 0.1) is 0 Å². The van der Waals surface area contributed by atoms with E-state index in [1.807, 2.05) is 13.0 Å². The Labute approximate surface area is 85.7 Å². The average molecular weight is 243 g/mol. The number of nitrogens with zero attached hydrogens (tertiary/aromatic N) is 1. The molecule has 0 unspecified atom stereocenters. The first-order valence-electron chi connectivity index (χ1n) is 4.05. The van der Waals surface area contributed by atoms with Crippen molar-refractivity contribution in [1.29, 1.82) is 0 Å². The van der Waals surface area contributed by atoms with Crippen molar-refractivity contribution in [3.63, 3.8) is 0 Å². The summed E-state index contributed by atoms with van der Waals surface area (Å²) in [7, 11) is 0. The summed E-state index contributed by atoms with van der Waals surface area (Å²) in [6, 6.07) is 1.83. The highest BCUT2D eigenvalue weighted by atomic mass is 79.9. The van der Waals surface area contributed by atoms with Crippen LogP contribution in [0.25, 0.3) is 0 Å². The molecule has 0 aliphatic heterocycles. The standard InChI is InChI=1S/C9H11BrN2O/c1-3-9(13)12-8-4-6(2)7(10)5-11-8/h4-5H,3H2,1-2H3,(H,11,12,13). The molecule has 1 aromatic rings. The molecule has 4 heteroatoms. The van der Waals surface area contributed by atoms with Crippen molar-refractivity contribution in [2.75, 3.05) is 5.32 Å². The number of pyridine rings is 1. The predicted molar refractivity (Wildman–Crippen MR) is 55.6 cm³/mol. The van der Waals surface area contributed by atoms with Gasteiger partial charge in [0.1, 0.15) is 5.82 Å². The third-order valence-electron chi connectivity index (χ3n) is 1.64. The summed E-state index contributed by atoms with van der Waals surface area (Å²) in [6.45, 7) is 3.76. The monoisotopic (exact) mass is 242 g/mol. The highest BCUT2D eigenvalue weighted by molar-refractivity contribution is 9.10. The summed E-state index contributed by atoms with van der Waals surface area (Å²) in [5.41, 5.74) is 1.06. The quantitative estimate of drug-likeness (QED) is 0.866. The highest BCUT2D eigenvalue weighted by Gasteiger charge is 2.01. The van der Waals surface area contributed by atoms with Gasteiger partial charge in [0.2, 0.25) is 5.91 Å². The predicted octanol–water partition coefficient (Wildman–Crippen LogP) is 2.50. The number of hydrogen-bond acceptors (Lipinski definition) is 2. The van der Waals surface area contributed by atoms with Crippen LogP contribution in [0.2, 0.25) is 0 Å². The molecule has 1 amide bonds. The van der Waals surface area contributed by atoms with E-state index >= 15 is 0 Å². The minimum Gasteiger partial charge on any atom is -0.311 e. The number of aromatic nitrogens is 1. The Morgan fingerprint density at radius 1 is 1.69 bits per heavy atom. The second-order valence-corrected chi connectivity index (χ2v) is 3.57. The fourth-order valence-electron chi connectivity index (χ4n) is 0.839. The van der Waals surface area contributed by atoms with Crippen molar-refractivity contribution in [3.05, 3.63) is 22.3 Å². The summed E-state index contributed by atoms with van der Waals surface area (Å²) in [6.07, 6.45) is 2.15. The van der Waals surface area contributed by atoms with Crippen LogP contribution in [0.3, 0.4) is 0 Å². The van der Waals surface area contributed by atoms with Gasteiger partial charge in [0, 0.05) is 17.1 Å².